The topological polar surface area (TPSA) is 62.6 Å². The highest BCUT2D eigenvalue weighted by Gasteiger charge is 2.21. The summed E-state index contributed by atoms with van der Waals surface area (Å²) in [6, 6.07) is 10.0. The Hall–Kier alpha value is -2.51. The van der Waals surface area contributed by atoms with E-state index in [2.05, 4.69) is 29.4 Å². The normalized spacial score (nSPS) is 11.1. The van der Waals surface area contributed by atoms with Gasteiger partial charge in [-0.15, -0.1) is 11.3 Å². The molecule has 0 spiro atoms. The summed E-state index contributed by atoms with van der Waals surface area (Å²) < 4.78 is 0. The molecule has 26 heavy (non-hydrogen) atoms. The van der Waals surface area contributed by atoms with Crippen LogP contribution in [-0.2, 0) is 0 Å². The molecule has 136 valence electrons. The van der Waals surface area contributed by atoms with Crippen molar-refractivity contribution in [1.29, 1.82) is 0 Å². The van der Waals surface area contributed by atoms with E-state index < -0.39 is 0 Å². The number of quaternary nitrogens is 1. The number of nitrogens with zero attached hydrogens (tertiary/aromatic N) is 3. The monoisotopic (exact) mass is 370 g/mol. The van der Waals surface area contributed by atoms with Crippen LogP contribution in [0.2, 0.25) is 0 Å². The molecule has 3 rings (SSSR count). The number of aryl methyl sites for hydroxylation is 1. The second-order valence-corrected chi connectivity index (χ2v) is 7.54. The van der Waals surface area contributed by atoms with E-state index in [4.69, 9.17) is 0 Å². The van der Waals surface area contributed by atoms with Gasteiger partial charge >= 0.3 is 0 Å². The number of rotatable bonds is 6. The summed E-state index contributed by atoms with van der Waals surface area (Å²) in [5, 5.41) is 3.94. The van der Waals surface area contributed by atoms with Gasteiger partial charge in [-0.3, -0.25) is 4.79 Å². The van der Waals surface area contributed by atoms with E-state index in [0.29, 0.717) is 11.4 Å². The van der Waals surface area contributed by atoms with Crippen LogP contribution >= 0.6 is 11.3 Å². The summed E-state index contributed by atoms with van der Waals surface area (Å²) in [6.45, 7) is 3.51. The Labute approximate surface area is 157 Å². The number of para-hydroxylation sites is 1. The van der Waals surface area contributed by atoms with E-state index in [1.807, 2.05) is 49.2 Å². The van der Waals surface area contributed by atoms with Crippen LogP contribution in [0, 0.1) is 6.92 Å². The largest absolute Gasteiger partial charge is 0.346 e. The number of benzene rings is 1. The number of aromatic nitrogens is 2. The predicted molar refractivity (Wildman–Crippen MR) is 107 cm³/mol. The molecule has 2 heterocycles. The molecule has 0 saturated heterocycles. The first-order valence-corrected chi connectivity index (χ1v) is 9.40. The highest BCUT2D eigenvalue weighted by molar-refractivity contribution is 7.20. The third kappa shape index (κ3) is 3.68. The molecule has 0 fully saturated rings. The average molecular weight is 371 g/mol. The Morgan fingerprint density at radius 3 is 2.65 bits per heavy atom. The fourth-order valence-corrected chi connectivity index (χ4v) is 3.86. The summed E-state index contributed by atoms with van der Waals surface area (Å²) >= 11 is 1.42. The molecule has 0 radical (unpaired) electrons. The summed E-state index contributed by atoms with van der Waals surface area (Å²) in [4.78, 5) is 26.3. The first kappa shape index (κ1) is 18.3. The van der Waals surface area contributed by atoms with Gasteiger partial charge in [0.25, 0.3) is 5.91 Å². The van der Waals surface area contributed by atoms with Gasteiger partial charge in [0.05, 0.1) is 37.4 Å². The molecular weight excluding hydrogens is 346 g/mol. The fraction of sp³-hybridized carbons (Fsp3) is 0.316. The molecule has 0 aliphatic carbocycles. The number of carbonyl (C=O) groups is 1. The van der Waals surface area contributed by atoms with Crippen molar-refractivity contribution in [2.24, 2.45) is 0 Å². The molecule has 2 aromatic heterocycles. The maximum atomic E-state index is 12.6. The zero-order valence-corrected chi connectivity index (χ0v) is 16.4. The Bertz CT molecular complexity index is 907. The van der Waals surface area contributed by atoms with Crippen molar-refractivity contribution in [3.05, 3.63) is 47.1 Å². The number of likely N-dealkylation sites (N-methyl/N-ethyl adjacent to an activating group) is 1. The fourth-order valence-electron chi connectivity index (χ4n) is 2.80. The number of hydrogen-bond acceptors (Lipinski definition) is 5. The van der Waals surface area contributed by atoms with Gasteiger partial charge in [0.1, 0.15) is 17.0 Å². The van der Waals surface area contributed by atoms with E-state index in [-0.39, 0.29) is 5.91 Å². The second kappa shape index (κ2) is 7.80. The molecular formula is C19H24N5OS+. The van der Waals surface area contributed by atoms with Crippen molar-refractivity contribution in [3.63, 3.8) is 0 Å². The van der Waals surface area contributed by atoms with Crippen molar-refractivity contribution >= 4 is 39.0 Å². The zero-order chi connectivity index (χ0) is 18.7. The Morgan fingerprint density at radius 1 is 1.23 bits per heavy atom. The highest BCUT2D eigenvalue weighted by Crippen LogP contribution is 2.36. The second-order valence-electron chi connectivity index (χ2n) is 6.54. The first-order valence-electron chi connectivity index (χ1n) is 8.59. The maximum Gasteiger partial charge on any atom is 0.261 e. The quantitative estimate of drug-likeness (QED) is 0.693. The number of fused-ring (bicyclic) bond motifs is 1. The predicted octanol–water partition coefficient (Wildman–Crippen LogP) is 1.64. The van der Waals surface area contributed by atoms with Crippen molar-refractivity contribution in [1.82, 2.24) is 15.3 Å². The Balaban J connectivity index is 1.95. The molecule has 1 aromatic carbocycles. The van der Waals surface area contributed by atoms with E-state index in [1.54, 1.807) is 6.33 Å². The summed E-state index contributed by atoms with van der Waals surface area (Å²) in [7, 11) is 6.12. The van der Waals surface area contributed by atoms with Crippen molar-refractivity contribution in [2.45, 2.75) is 6.92 Å². The minimum absolute atomic E-state index is 0.0416. The standard InChI is InChI=1S/C19H23N5OS/c1-13-15-17(24(4)14-8-6-5-7-9-14)21-12-22-19(15)26-16(13)18(25)20-10-11-23(2)3/h5-9,12H,10-11H2,1-4H3,(H,20,25)/p+1. The van der Waals surface area contributed by atoms with Crippen molar-refractivity contribution < 1.29 is 9.69 Å². The number of hydrogen-bond donors (Lipinski definition) is 2. The Morgan fingerprint density at radius 2 is 1.96 bits per heavy atom. The highest BCUT2D eigenvalue weighted by atomic mass is 32.1. The average Bonchev–Trinajstić information content (AvgIpc) is 2.98. The van der Waals surface area contributed by atoms with Crippen LogP contribution in [0.1, 0.15) is 15.2 Å². The molecule has 3 aromatic rings. The van der Waals surface area contributed by atoms with Crippen LogP contribution in [-0.4, -0.2) is 50.1 Å². The van der Waals surface area contributed by atoms with Crippen LogP contribution in [0.5, 0.6) is 0 Å². The molecule has 7 heteroatoms. The van der Waals surface area contributed by atoms with Crippen LogP contribution in [0.15, 0.2) is 36.7 Å². The van der Waals surface area contributed by atoms with Gasteiger partial charge in [0, 0.05) is 12.7 Å². The molecule has 0 atom stereocenters. The number of amides is 1. The first-order chi connectivity index (χ1) is 12.5. The number of anilines is 2. The smallest absolute Gasteiger partial charge is 0.261 e. The molecule has 2 N–H and O–H groups in total. The van der Waals surface area contributed by atoms with Crippen molar-refractivity contribution in [2.75, 3.05) is 39.1 Å². The Kier molecular flexibility index (Phi) is 5.49. The van der Waals surface area contributed by atoms with E-state index in [1.165, 1.54) is 16.2 Å². The van der Waals surface area contributed by atoms with Gasteiger partial charge in [0.2, 0.25) is 0 Å². The van der Waals surface area contributed by atoms with E-state index in [0.717, 1.165) is 33.8 Å². The lowest BCUT2D eigenvalue weighted by molar-refractivity contribution is -0.856. The van der Waals surface area contributed by atoms with Gasteiger partial charge in [-0.05, 0) is 24.6 Å². The maximum absolute atomic E-state index is 12.6. The van der Waals surface area contributed by atoms with Crippen LogP contribution in [0.25, 0.3) is 10.2 Å². The van der Waals surface area contributed by atoms with Gasteiger partial charge in [-0.25, -0.2) is 9.97 Å². The minimum atomic E-state index is -0.0416. The number of carbonyl (C=O) groups excluding carboxylic acids is 1. The molecule has 0 aliphatic rings. The van der Waals surface area contributed by atoms with Crippen molar-refractivity contribution in [3.8, 4) is 0 Å². The third-order valence-corrected chi connectivity index (χ3v) is 5.48. The molecule has 0 bridgehead atoms. The molecule has 0 saturated carbocycles. The lowest BCUT2D eigenvalue weighted by Crippen LogP contribution is -3.06. The molecule has 6 nitrogen and oxygen atoms in total. The molecule has 1 amide bonds. The number of thiophene rings is 1. The van der Waals surface area contributed by atoms with Crippen LogP contribution in [0.4, 0.5) is 11.5 Å². The third-order valence-electron chi connectivity index (χ3n) is 4.28. The van der Waals surface area contributed by atoms with E-state index >= 15 is 0 Å². The summed E-state index contributed by atoms with van der Waals surface area (Å²) in [5.41, 5.74) is 1.97. The lowest BCUT2D eigenvalue weighted by Gasteiger charge is -2.19. The summed E-state index contributed by atoms with van der Waals surface area (Å²) in [5.74, 6) is 0.770. The van der Waals surface area contributed by atoms with Gasteiger partial charge < -0.3 is 15.1 Å². The lowest BCUT2D eigenvalue weighted by atomic mass is 10.2. The summed E-state index contributed by atoms with van der Waals surface area (Å²) in [6.07, 6.45) is 1.56. The van der Waals surface area contributed by atoms with Crippen LogP contribution < -0.4 is 15.1 Å². The number of nitrogens with one attached hydrogen (secondary N) is 2. The SMILES string of the molecule is Cc1c(C(=O)NCC[NH+](C)C)sc2ncnc(N(C)c3ccccc3)c12. The van der Waals surface area contributed by atoms with Gasteiger partial charge in [-0.1, -0.05) is 18.2 Å². The molecule has 0 unspecified atom stereocenters. The van der Waals surface area contributed by atoms with Gasteiger partial charge in [0.15, 0.2) is 0 Å². The minimum Gasteiger partial charge on any atom is -0.346 e. The van der Waals surface area contributed by atoms with Crippen LogP contribution in [0.3, 0.4) is 0 Å². The van der Waals surface area contributed by atoms with E-state index in [9.17, 15) is 4.79 Å². The zero-order valence-electron chi connectivity index (χ0n) is 15.5. The van der Waals surface area contributed by atoms with Gasteiger partial charge in [-0.2, -0.15) is 0 Å². The molecule has 0 aliphatic heterocycles.